The average Bonchev–Trinajstić information content (AvgIpc) is 2.46. The van der Waals surface area contributed by atoms with Crippen LogP contribution in [0, 0.1) is 5.92 Å². The standard InChI is InChI=1S/C15H23N3O/c16-8-7-14-4-2-10-18(12-14)15(19)6-5-13-3-1-9-17-11-13/h1,3,9,11,14H,2,4-8,10,12,16H2. The van der Waals surface area contributed by atoms with Crippen molar-refractivity contribution in [3.8, 4) is 0 Å². The van der Waals surface area contributed by atoms with E-state index in [2.05, 4.69) is 4.98 Å². The first-order valence-corrected chi connectivity index (χ1v) is 7.16. The van der Waals surface area contributed by atoms with Crippen LogP contribution in [0.4, 0.5) is 0 Å². The number of carbonyl (C=O) groups excluding carboxylic acids is 1. The second kappa shape index (κ2) is 7.24. The summed E-state index contributed by atoms with van der Waals surface area (Å²) in [6.45, 7) is 2.53. The summed E-state index contributed by atoms with van der Waals surface area (Å²) in [5.74, 6) is 0.867. The third kappa shape index (κ3) is 4.31. The average molecular weight is 261 g/mol. The van der Waals surface area contributed by atoms with E-state index in [1.54, 1.807) is 6.20 Å². The molecule has 0 saturated carbocycles. The van der Waals surface area contributed by atoms with Crippen molar-refractivity contribution in [1.82, 2.24) is 9.88 Å². The third-order valence-electron chi connectivity index (χ3n) is 3.80. The molecule has 1 saturated heterocycles. The molecular weight excluding hydrogens is 238 g/mol. The molecule has 1 aromatic rings. The van der Waals surface area contributed by atoms with Crippen LogP contribution < -0.4 is 5.73 Å². The molecule has 0 spiro atoms. The van der Waals surface area contributed by atoms with E-state index >= 15 is 0 Å². The normalized spacial score (nSPS) is 19.4. The van der Waals surface area contributed by atoms with Crippen molar-refractivity contribution in [3.63, 3.8) is 0 Å². The monoisotopic (exact) mass is 261 g/mol. The van der Waals surface area contributed by atoms with Crippen LogP contribution in [0.2, 0.25) is 0 Å². The molecule has 2 heterocycles. The van der Waals surface area contributed by atoms with Gasteiger partial charge < -0.3 is 10.6 Å². The number of pyridine rings is 1. The molecular formula is C15H23N3O. The fourth-order valence-electron chi connectivity index (χ4n) is 2.72. The number of aromatic nitrogens is 1. The lowest BCUT2D eigenvalue weighted by Gasteiger charge is -2.32. The summed E-state index contributed by atoms with van der Waals surface area (Å²) in [7, 11) is 0. The molecule has 1 amide bonds. The first kappa shape index (κ1) is 14.0. The zero-order valence-electron chi connectivity index (χ0n) is 11.4. The van der Waals surface area contributed by atoms with Gasteiger partial charge in [-0.05, 0) is 49.8 Å². The number of carbonyl (C=O) groups is 1. The minimum Gasteiger partial charge on any atom is -0.342 e. The highest BCUT2D eigenvalue weighted by molar-refractivity contribution is 5.76. The lowest BCUT2D eigenvalue weighted by molar-refractivity contribution is -0.133. The van der Waals surface area contributed by atoms with Gasteiger partial charge in [-0.25, -0.2) is 0 Å². The topological polar surface area (TPSA) is 59.2 Å². The van der Waals surface area contributed by atoms with E-state index in [0.717, 1.165) is 44.5 Å². The van der Waals surface area contributed by atoms with Gasteiger partial charge in [0.05, 0.1) is 0 Å². The Morgan fingerprint density at radius 3 is 3.16 bits per heavy atom. The molecule has 4 nitrogen and oxygen atoms in total. The number of rotatable bonds is 5. The Hall–Kier alpha value is -1.42. The second-order valence-electron chi connectivity index (χ2n) is 5.29. The molecule has 1 fully saturated rings. The highest BCUT2D eigenvalue weighted by Crippen LogP contribution is 2.19. The molecule has 1 atom stereocenters. The van der Waals surface area contributed by atoms with Crippen LogP contribution in [0.3, 0.4) is 0 Å². The van der Waals surface area contributed by atoms with E-state index < -0.39 is 0 Å². The number of hydrogen-bond acceptors (Lipinski definition) is 3. The summed E-state index contributed by atoms with van der Waals surface area (Å²) in [6.07, 6.45) is 8.32. The van der Waals surface area contributed by atoms with E-state index in [-0.39, 0.29) is 5.91 Å². The van der Waals surface area contributed by atoms with Crippen molar-refractivity contribution in [3.05, 3.63) is 30.1 Å². The number of piperidine rings is 1. The van der Waals surface area contributed by atoms with Crippen molar-refractivity contribution in [1.29, 1.82) is 0 Å². The SMILES string of the molecule is NCCC1CCCN(C(=O)CCc2cccnc2)C1. The van der Waals surface area contributed by atoms with Crippen molar-refractivity contribution < 1.29 is 4.79 Å². The Balaban J connectivity index is 1.79. The Labute approximate surface area is 115 Å². The molecule has 0 aliphatic carbocycles. The van der Waals surface area contributed by atoms with Gasteiger partial charge in [0.1, 0.15) is 0 Å². The zero-order chi connectivity index (χ0) is 13.5. The summed E-state index contributed by atoms with van der Waals surface area (Å²) in [4.78, 5) is 18.3. The Kier molecular flexibility index (Phi) is 5.33. The fourth-order valence-corrected chi connectivity index (χ4v) is 2.72. The molecule has 2 N–H and O–H groups in total. The van der Waals surface area contributed by atoms with Gasteiger partial charge in [0, 0.05) is 31.9 Å². The number of nitrogens with two attached hydrogens (primary N) is 1. The van der Waals surface area contributed by atoms with Gasteiger partial charge >= 0.3 is 0 Å². The predicted molar refractivity (Wildman–Crippen MR) is 75.5 cm³/mol. The van der Waals surface area contributed by atoms with Crippen molar-refractivity contribution >= 4 is 5.91 Å². The molecule has 1 aromatic heterocycles. The first-order valence-electron chi connectivity index (χ1n) is 7.16. The maximum absolute atomic E-state index is 12.2. The van der Waals surface area contributed by atoms with E-state index in [1.165, 1.54) is 6.42 Å². The molecule has 104 valence electrons. The molecule has 4 heteroatoms. The van der Waals surface area contributed by atoms with Gasteiger partial charge in [-0.15, -0.1) is 0 Å². The van der Waals surface area contributed by atoms with E-state index in [4.69, 9.17) is 5.73 Å². The Morgan fingerprint density at radius 1 is 1.53 bits per heavy atom. The molecule has 1 aliphatic heterocycles. The number of aryl methyl sites for hydroxylation is 1. The maximum atomic E-state index is 12.2. The predicted octanol–water partition coefficient (Wildman–Crippen LogP) is 1.60. The number of hydrogen-bond donors (Lipinski definition) is 1. The number of likely N-dealkylation sites (tertiary alicyclic amines) is 1. The van der Waals surface area contributed by atoms with Crippen LogP contribution in [0.5, 0.6) is 0 Å². The Bertz CT molecular complexity index is 392. The summed E-state index contributed by atoms with van der Waals surface area (Å²) in [5.41, 5.74) is 6.74. The molecule has 1 unspecified atom stereocenters. The van der Waals surface area contributed by atoms with Crippen LogP contribution in [-0.2, 0) is 11.2 Å². The largest absolute Gasteiger partial charge is 0.342 e. The summed E-state index contributed by atoms with van der Waals surface area (Å²) in [5, 5.41) is 0. The lowest BCUT2D eigenvalue weighted by Crippen LogP contribution is -2.40. The van der Waals surface area contributed by atoms with Gasteiger partial charge in [0.2, 0.25) is 5.91 Å². The summed E-state index contributed by atoms with van der Waals surface area (Å²) >= 11 is 0. The van der Waals surface area contributed by atoms with Gasteiger partial charge in [0.15, 0.2) is 0 Å². The van der Waals surface area contributed by atoms with Crippen LogP contribution in [0.25, 0.3) is 0 Å². The number of nitrogens with zero attached hydrogens (tertiary/aromatic N) is 2. The van der Waals surface area contributed by atoms with Crippen LogP contribution >= 0.6 is 0 Å². The molecule has 0 bridgehead atoms. The van der Waals surface area contributed by atoms with Crippen LogP contribution in [-0.4, -0.2) is 35.4 Å². The lowest BCUT2D eigenvalue weighted by atomic mass is 9.94. The smallest absolute Gasteiger partial charge is 0.222 e. The van der Waals surface area contributed by atoms with Gasteiger partial charge in [-0.1, -0.05) is 6.07 Å². The number of amides is 1. The van der Waals surface area contributed by atoms with Crippen LogP contribution in [0.15, 0.2) is 24.5 Å². The Morgan fingerprint density at radius 2 is 2.42 bits per heavy atom. The minimum atomic E-state index is 0.269. The highest BCUT2D eigenvalue weighted by Gasteiger charge is 2.22. The molecule has 19 heavy (non-hydrogen) atoms. The van der Waals surface area contributed by atoms with Crippen LogP contribution in [0.1, 0.15) is 31.2 Å². The van der Waals surface area contributed by atoms with Gasteiger partial charge in [-0.2, -0.15) is 0 Å². The van der Waals surface area contributed by atoms with Gasteiger partial charge in [-0.3, -0.25) is 9.78 Å². The molecule has 1 aliphatic rings. The third-order valence-corrected chi connectivity index (χ3v) is 3.80. The van der Waals surface area contributed by atoms with Crippen molar-refractivity contribution in [2.45, 2.75) is 32.1 Å². The maximum Gasteiger partial charge on any atom is 0.222 e. The molecule has 2 rings (SSSR count). The zero-order valence-corrected chi connectivity index (χ0v) is 11.4. The second-order valence-corrected chi connectivity index (χ2v) is 5.29. The van der Waals surface area contributed by atoms with Crippen molar-refractivity contribution in [2.75, 3.05) is 19.6 Å². The first-order chi connectivity index (χ1) is 9.29. The van der Waals surface area contributed by atoms with Crippen molar-refractivity contribution in [2.24, 2.45) is 11.7 Å². The molecule has 0 aromatic carbocycles. The van der Waals surface area contributed by atoms with E-state index in [1.807, 2.05) is 23.2 Å². The fraction of sp³-hybridized carbons (Fsp3) is 0.600. The molecule has 0 radical (unpaired) electrons. The highest BCUT2D eigenvalue weighted by atomic mass is 16.2. The summed E-state index contributed by atoms with van der Waals surface area (Å²) < 4.78 is 0. The van der Waals surface area contributed by atoms with E-state index in [9.17, 15) is 4.79 Å². The summed E-state index contributed by atoms with van der Waals surface area (Å²) in [6, 6.07) is 3.94. The quantitative estimate of drug-likeness (QED) is 0.876. The minimum absolute atomic E-state index is 0.269. The van der Waals surface area contributed by atoms with E-state index in [0.29, 0.717) is 12.3 Å². The van der Waals surface area contributed by atoms with Gasteiger partial charge in [0.25, 0.3) is 0 Å².